The lowest BCUT2D eigenvalue weighted by molar-refractivity contribution is -0.141. The zero-order valence-electron chi connectivity index (χ0n) is 15.8. The highest BCUT2D eigenvalue weighted by atomic mass is 19.2. The first-order valence-electron chi connectivity index (χ1n) is 9.23. The Morgan fingerprint density at radius 3 is 2.72 bits per heavy atom. The number of benzene rings is 1. The minimum atomic E-state index is -1.24. The van der Waals surface area contributed by atoms with Crippen LogP contribution in [0.15, 0.2) is 18.3 Å². The van der Waals surface area contributed by atoms with Crippen LogP contribution in [0, 0.1) is 17.5 Å². The predicted molar refractivity (Wildman–Crippen MR) is 94.9 cm³/mol. The first-order chi connectivity index (χ1) is 13.9. The van der Waals surface area contributed by atoms with E-state index in [0.717, 1.165) is 17.3 Å². The van der Waals surface area contributed by atoms with Gasteiger partial charge in [-0.2, -0.15) is 5.10 Å². The molecule has 4 rings (SSSR count). The molecule has 2 N–H and O–H groups in total. The van der Waals surface area contributed by atoms with Crippen LogP contribution in [0.25, 0.3) is 0 Å². The van der Waals surface area contributed by atoms with Crippen molar-refractivity contribution in [2.75, 3.05) is 13.7 Å². The molecular formula is C19H21F3N4O3. The molecule has 1 saturated heterocycles. The maximum absolute atomic E-state index is 14.1. The molecule has 10 heteroatoms. The molecule has 0 bridgehead atoms. The molecule has 29 heavy (non-hydrogen) atoms. The zero-order valence-corrected chi connectivity index (χ0v) is 15.8. The molecule has 1 unspecified atom stereocenters. The number of halogens is 3. The van der Waals surface area contributed by atoms with Crippen LogP contribution in [0.1, 0.15) is 29.3 Å². The van der Waals surface area contributed by atoms with Crippen LogP contribution >= 0.6 is 0 Å². The van der Waals surface area contributed by atoms with E-state index in [1.54, 1.807) is 4.68 Å². The van der Waals surface area contributed by atoms with Gasteiger partial charge in [0.15, 0.2) is 11.6 Å². The van der Waals surface area contributed by atoms with Crippen molar-refractivity contribution in [2.24, 2.45) is 5.73 Å². The van der Waals surface area contributed by atoms with Crippen LogP contribution in [0.3, 0.4) is 0 Å². The van der Waals surface area contributed by atoms with E-state index in [1.807, 2.05) is 6.20 Å². The second-order valence-electron chi connectivity index (χ2n) is 7.37. The van der Waals surface area contributed by atoms with Gasteiger partial charge >= 0.3 is 5.97 Å². The number of nitrogens with two attached hydrogens (primary N) is 1. The van der Waals surface area contributed by atoms with Gasteiger partial charge in [-0.05, 0) is 12.5 Å². The van der Waals surface area contributed by atoms with Gasteiger partial charge < -0.3 is 15.2 Å². The molecule has 1 aromatic carbocycles. The molecule has 1 aromatic heterocycles. The first kappa shape index (κ1) is 19.9. The Bertz CT molecular complexity index is 912. The third kappa shape index (κ3) is 3.87. The number of methoxy groups -OCH3 is 1. The van der Waals surface area contributed by atoms with E-state index in [4.69, 9.17) is 10.5 Å². The standard InChI is InChI=1S/C19H21F3N4O3/c1-28-18(27)8-26-6-10-5-25(7-17(10)24-26)11-2-16(23)19(29-9-11)12-3-14(21)15(22)4-13(12)20/h3-4,6,11,16,19H,2,5,7-9,23H2,1H3/t11-,16+,19?/m1/s1. The fourth-order valence-corrected chi connectivity index (χ4v) is 3.95. The number of hydrogen-bond acceptors (Lipinski definition) is 6. The molecular weight excluding hydrogens is 389 g/mol. The van der Waals surface area contributed by atoms with E-state index in [2.05, 4.69) is 14.7 Å². The fourth-order valence-electron chi connectivity index (χ4n) is 3.95. The zero-order chi connectivity index (χ0) is 20.7. The summed E-state index contributed by atoms with van der Waals surface area (Å²) in [5.41, 5.74) is 8.01. The van der Waals surface area contributed by atoms with Crippen molar-refractivity contribution in [3.8, 4) is 0 Å². The van der Waals surface area contributed by atoms with Gasteiger partial charge in [0, 0.05) is 48.6 Å². The Kier molecular flexibility index (Phi) is 5.32. The molecule has 156 valence electrons. The van der Waals surface area contributed by atoms with E-state index in [0.29, 0.717) is 25.6 Å². The van der Waals surface area contributed by atoms with Gasteiger partial charge in [-0.25, -0.2) is 13.2 Å². The smallest absolute Gasteiger partial charge is 0.327 e. The molecule has 2 aliphatic heterocycles. The number of ether oxygens (including phenoxy) is 2. The number of aromatic nitrogens is 2. The Labute approximate surface area is 165 Å². The van der Waals surface area contributed by atoms with Gasteiger partial charge in [-0.15, -0.1) is 0 Å². The van der Waals surface area contributed by atoms with Crippen molar-refractivity contribution in [3.63, 3.8) is 0 Å². The summed E-state index contributed by atoms with van der Waals surface area (Å²) in [6, 6.07) is 0.739. The number of hydrogen-bond donors (Lipinski definition) is 1. The van der Waals surface area contributed by atoms with Crippen LogP contribution in [0.2, 0.25) is 0 Å². The number of fused-ring (bicyclic) bond motifs is 1. The van der Waals surface area contributed by atoms with Crippen molar-refractivity contribution >= 4 is 5.97 Å². The fraction of sp³-hybridized carbons (Fsp3) is 0.474. The maximum Gasteiger partial charge on any atom is 0.327 e. The number of nitrogens with zero attached hydrogens (tertiary/aromatic N) is 3. The summed E-state index contributed by atoms with van der Waals surface area (Å²) in [4.78, 5) is 13.5. The normalized spacial score (nSPS) is 24.5. The number of carbonyl (C=O) groups is 1. The Morgan fingerprint density at radius 1 is 1.28 bits per heavy atom. The monoisotopic (exact) mass is 410 g/mol. The van der Waals surface area contributed by atoms with Gasteiger partial charge in [-0.1, -0.05) is 0 Å². The van der Waals surface area contributed by atoms with Gasteiger partial charge in [-0.3, -0.25) is 14.4 Å². The number of esters is 1. The van der Waals surface area contributed by atoms with E-state index in [-0.39, 0.29) is 30.7 Å². The summed E-state index contributed by atoms with van der Waals surface area (Å²) in [7, 11) is 1.33. The highest BCUT2D eigenvalue weighted by Crippen LogP contribution is 2.34. The largest absolute Gasteiger partial charge is 0.468 e. The van der Waals surface area contributed by atoms with Gasteiger partial charge in [0.05, 0.1) is 19.4 Å². The van der Waals surface area contributed by atoms with Crippen LogP contribution in [-0.2, 0) is 33.9 Å². The number of carbonyl (C=O) groups excluding carboxylic acids is 1. The molecule has 0 radical (unpaired) electrons. The van der Waals surface area contributed by atoms with Crippen molar-refractivity contribution < 1.29 is 27.4 Å². The van der Waals surface area contributed by atoms with Crippen LogP contribution in [0.4, 0.5) is 13.2 Å². The minimum absolute atomic E-state index is 0.0159. The predicted octanol–water partition coefficient (Wildman–Crippen LogP) is 1.65. The molecule has 1 fully saturated rings. The quantitative estimate of drug-likeness (QED) is 0.610. The maximum atomic E-state index is 14.1. The summed E-state index contributed by atoms with van der Waals surface area (Å²) in [6.07, 6.45) is 1.49. The van der Waals surface area contributed by atoms with E-state index >= 15 is 0 Å². The third-order valence-corrected chi connectivity index (χ3v) is 5.43. The number of rotatable bonds is 4. The van der Waals surface area contributed by atoms with Gasteiger partial charge in [0.2, 0.25) is 0 Å². The molecule has 3 heterocycles. The second-order valence-corrected chi connectivity index (χ2v) is 7.37. The summed E-state index contributed by atoms with van der Waals surface area (Å²) in [5.74, 6) is -3.62. The van der Waals surface area contributed by atoms with Crippen LogP contribution in [0.5, 0.6) is 0 Å². The topological polar surface area (TPSA) is 82.6 Å². The summed E-state index contributed by atoms with van der Waals surface area (Å²) in [6.45, 7) is 1.54. The van der Waals surface area contributed by atoms with Crippen molar-refractivity contribution in [3.05, 3.63) is 52.6 Å². The van der Waals surface area contributed by atoms with Gasteiger partial charge in [0.1, 0.15) is 18.5 Å². The lowest BCUT2D eigenvalue weighted by Gasteiger charge is -2.38. The second kappa shape index (κ2) is 7.77. The molecule has 3 atom stereocenters. The van der Waals surface area contributed by atoms with Crippen molar-refractivity contribution in [2.45, 2.75) is 44.2 Å². The third-order valence-electron chi connectivity index (χ3n) is 5.43. The SMILES string of the molecule is COC(=O)Cn1cc2c(n1)CN([C@H]1COC(c3cc(F)c(F)cc3F)[C@@H](N)C1)C2. The lowest BCUT2D eigenvalue weighted by Crippen LogP contribution is -2.47. The highest BCUT2D eigenvalue weighted by molar-refractivity contribution is 5.68. The lowest BCUT2D eigenvalue weighted by atomic mass is 9.93. The molecule has 0 spiro atoms. The van der Waals surface area contributed by atoms with Crippen LogP contribution in [-0.4, -0.2) is 46.5 Å². The molecule has 2 aliphatic rings. The van der Waals surface area contributed by atoms with Crippen LogP contribution < -0.4 is 5.73 Å². The molecule has 0 amide bonds. The Balaban J connectivity index is 1.40. The average Bonchev–Trinajstić information content (AvgIpc) is 3.23. The van der Waals surface area contributed by atoms with Crippen molar-refractivity contribution in [1.82, 2.24) is 14.7 Å². The summed E-state index contributed by atoms with van der Waals surface area (Å²) >= 11 is 0. The van der Waals surface area contributed by atoms with Crippen molar-refractivity contribution in [1.29, 1.82) is 0 Å². The molecule has 0 aliphatic carbocycles. The van der Waals surface area contributed by atoms with E-state index in [1.165, 1.54) is 7.11 Å². The van der Waals surface area contributed by atoms with E-state index < -0.39 is 29.6 Å². The molecule has 0 saturated carbocycles. The molecule has 2 aromatic rings. The first-order valence-corrected chi connectivity index (χ1v) is 9.23. The van der Waals surface area contributed by atoms with Gasteiger partial charge in [0.25, 0.3) is 0 Å². The Morgan fingerprint density at radius 2 is 2.03 bits per heavy atom. The highest BCUT2D eigenvalue weighted by Gasteiger charge is 2.37. The summed E-state index contributed by atoms with van der Waals surface area (Å²) in [5, 5.41) is 4.41. The minimum Gasteiger partial charge on any atom is -0.468 e. The summed E-state index contributed by atoms with van der Waals surface area (Å²) < 4.78 is 52.7. The average molecular weight is 410 g/mol. The molecule has 7 nitrogen and oxygen atoms in total. The van der Waals surface area contributed by atoms with E-state index in [9.17, 15) is 18.0 Å². The Hall–Kier alpha value is -2.43.